The molecule has 1 rings (SSSR count). The molecule has 0 unspecified atom stereocenters. The zero-order chi connectivity index (χ0) is 11.1. The van der Waals surface area contributed by atoms with Crippen molar-refractivity contribution in [2.75, 3.05) is 0 Å². The van der Waals surface area contributed by atoms with Gasteiger partial charge in [0.05, 0.1) is 0 Å². The highest BCUT2D eigenvalue weighted by Gasteiger charge is 2.36. The Morgan fingerprint density at radius 1 is 1.43 bits per heavy atom. The van der Waals surface area contributed by atoms with E-state index in [0.29, 0.717) is 4.68 Å². The number of halogens is 4. The Hall–Kier alpha value is -1.12. The molecular formula is C5H4F4N2O2S. The summed E-state index contributed by atoms with van der Waals surface area (Å²) in [5, 5.41) is 1.70. The van der Waals surface area contributed by atoms with Crippen LogP contribution in [-0.2, 0) is 23.4 Å². The van der Waals surface area contributed by atoms with Gasteiger partial charge in [0.15, 0.2) is 10.7 Å². The number of hydrogen-bond donors (Lipinski definition) is 0. The smallest absolute Gasteiger partial charge is 0.254 e. The lowest BCUT2D eigenvalue weighted by Crippen LogP contribution is -2.06. The zero-order valence-electron chi connectivity index (χ0n) is 6.71. The molecule has 14 heavy (non-hydrogen) atoms. The highest BCUT2D eigenvalue weighted by Crippen LogP contribution is 2.29. The van der Waals surface area contributed by atoms with Crippen LogP contribution in [0.4, 0.5) is 17.1 Å². The minimum atomic E-state index is -5.17. The minimum Gasteiger partial charge on any atom is -0.254 e. The fraction of sp³-hybridized carbons (Fsp3) is 0.400. The molecular weight excluding hydrogens is 228 g/mol. The van der Waals surface area contributed by atoms with Crippen molar-refractivity contribution in [3.63, 3.8) is 0 Å². The monoisotopic (exact) mass is 232 g/mol. The Labute approximate surface area is 76.4 Å². The third kappa shape index (κ3) is 2.03. The summed E-state index contributed by atoms with van der Waals surface area (Å²) < 4.78 is 69.2. The number of alkyl halides is 3. The molecule has 0 saturated carbocycles. The number of nitrogens with zero attached hydrogens (tertiary/aromatic N) is 2. The largest absolute Gasteiger partial charge is 0.435 e. The van der Waals surface area contributed by atoms with Crippen LogP contribution < -0.4 is 0 Å². The standard InChI is InChI=1S/C5H4F4N2O2S/c1-11-4(14(9,12)13)2-3(10-11)5(6,7)8/h2H,1H3. The molecule has 80 valence electrons. The Bertz CT molecular complexity index is 447. The quantitative estimate of drug-likeness (QED) is 0.538. The highest BCUT2D eigenvalue weighted by molar-refractivity contribution is 7.86. The molecule has 0 fully saturated rings. The van der Waals surface area contributed by atoms with Crippen molar-refractivity contribution in [2.45, 2.75) is 11.2 Å². The van der Waals surface area contributed by atoms with Crippen molar-refractivity contribution in [1.82, 2.24) is 9.78 Å². The summed E-state index contributed by atoms with van der Waals surface area (Å²) in [7, 11) is -4.27. The topological polar surface area (TPSA) is 52.0 Å². The van der Waals surface area contributed by atoms with Crippen molar-refractivity contribution in [3.05, 3.63) is 11.8 Å². The van der Waals surface area contributed by atoms with E-state index in [1.54, 1.807) is 0 Å². The summed E-state index contributed by atoms with van der Waals surface area (Å²) >= 11 is 0. The van der Waals surface area contributed by atoms with E-state index in [1.807, 2.05) is 0 Å². The molecule has 0 saturated heterocycles. The van der Waals surface area contributed by atoms with Gasteiger partial charge in [0.25, 0.3) is 0 Å². The van der Waals surface area contributed by atoms with E-state index in [1.165, 1.54) is 0 Å². The van der Waals surface area contributed by atoms with Crippen LogP contribution in [0.25, 0.3) is 0 Å². The van der Waals surface area contributed by atoms with Gasteiger partial charge in [-0.15, -0.1) is 0 Å². The molecule has 1 aromatic heterocycles. The van der Waals surface area contributed by atoms with Gasteiger partial charge in [-0.25, -0.2) is 0 Å². The van der Waals surface area contributed by atoms with Gasteiger partial charge >= 0.3 is 16.4 Å². The van der Waals surface area contributed by atoms with Gasteiger partial charge in [0.1, 0.15) is 0 Å². The molecule has 0 atom stereocenters. The molecule has 0 aliphatic rings. The molecule has 0 aromatic carbocycles. The molecule has 0 radical (unpaired) electrons. The summed E-state index contributed by atoms with van der Waals surface area (Å²) in [4.78, 5) is 0. The molecule has 1 heterocycles. The Balaban J connectivity index is 3.33. The van der Waals surface area contributed by atoms with Gasteiger partial charge in [-0.05, 0) is 0 Å². The molecule has 0 bridgehead atoms. The average Bonchev–Trinajstić information content (AvgIpc) is 2.27. The zero-order valence-corrected chi connectivity index (χ0v) is 7.52. The Morgan fingerprint density at radius 2 is 1.93 bits per heavy atom. The van der Waals surface area contributed by atoms with Gasteiger partial charge in [-0.3, -0.25) is 4.68 Å². The molecule has 9 heteroatoms. The van der Waals surface area contributed by atoms with E-state index in [2.05, 4.69) is 5.10 Å². The average molecular weight is 232 g/mol. The van der Waals surface area contributed by atoms with E-state index in [0.717, 1.165) is 7.05 Å². The predicted molar refractivity (Wildman–Crippen MR) is 36.5 cm³/mol. The highest BCUT2D eigenvalue weighted by atomic mass is 32.3. The number of rotatable bonds is 1. The van der Waals surface area contributed by atoms with E-state index >= 15 is 0 Å². The summed E-state index contributed by atoms with van der Waals surface area (Å²) in [6.45, 7) is 0. The first-order valence-corrected chi connectivity index (χ1v) is 4.56. The first kappa shape index (κ1) is 11.0. The summed E-state index contributed by atoms with van der Waals surface area (Å²) in [5.74, 6) is 0. The maximum Gasteiger partial charge on any atom is 0.435 e. The number of hydrogen-bond acceptors (Lipinski definition) is 3. The van der Waals surface area contributed by atoms with Gasteiger partial charge in [-0.2, -0.15) is 26.7 Å². The van der Waals surface area contributed by atoms with Crippen LogP contribution in [0.1, 0.15) is 5.69 Å². The van der Waals surface area contributed by atoms with Gasteiger partial charge < -0.3 is 0 Å². The predicted octanol–water partition coefficient (Wildman–Crippen LogP) is 1.10. The third-order valence-electron chi connectivity index (χ3n) is 1.38. The van der Waals surface area contributed by atoms with Crippen LogP contribution in [0, 0.1) is 0 Å². The molecule has 1 aromatic rings. The lowest BCUT2D eigenvalue weighted by Gasteiger charge is -1.98. The van der Waals surface area contributed by atoms with Crippen LogP contribution >= 0.6 is 0 Å². The van der Waals surface area contributed by atoms with Crippen molar-refractivity contribution >= 4 is 10.2 Å². The second-order valence-electron chi connectivity index (χ2n) is 2.43. The van der Waals surface area contributed by atoms with Crippen molar-refractivity contribution in [3.8, 4) is 0 Å². The maximum atomic E-state index is 12.3. The number of aryl methyl sites for hydroxylation is 1. The van der Waals surface area contributed by atoms with Crippen LogP contribution in [0.15, 0.2) is 11.1 Å². The van der Waals surface area contributed by atoms with Gasteiger partial charge in [0, 0.05) is 13.1 Å². The molecule has 0 N–H and O–H groups in total. The van der Waals surface area contributed by atoms with Crippen LogP contribution in [0.3, 0.4) is 0 Å². The summed E-state index contributed by atoms with van der Waals surface area (Å²) in [6.07, 6.45) is -4.79. The second-order valence-corrected chi connectivity index (χ2v) is 3.72. The fourth-order valence-corrected chi connectivity index (χ4v) is 1.43. The molecule has 4 nitrogen and oxygen atoms in total. The summed E-state index contributed by atoms with van der Waals surface area (Å²) in [6, 6.07) is 0.134. The van der Waals surface area contributed by atoms with Crippen LogP contribution in [0.2, 0.25) is 0 Å². The van der Waals surface area contributed by atoms with Crippen LogP contribution in [0.5, 0.6) is 0 Å². The molecule has 0 amide bonds. The van der Waals surface area contributed by atoms with E-state index < -0.39 is 27.1 Å². The van der Waals surface area contributed by atoms with Gasteiger partial charge in [-0.1, -0.05) is 3.89 Å². The van der Waals surface area contributed by atoms with Crippen molar-refractivity contribution < 1.29 is 25.5 Å². The molecule has 0 spiro atoms. The van der Waals surface area contributed by atoms with E-state index in [9.17, 15) is 25.5 Å². The first-order valence-electron chi connectivity index (χ1n) is 3.18. The van der Waals surface area contributed by atoms with E-state index in [4.69, 9.17) is 0 Å². The normalized spacial score (nSPS) is 13.2. The lowest BCUT2D eigenvalue weighted by molar-refractivity contribution is -0.141. The minimum absolute atomic E-state index is 0.134. The van der Waals surface area contributed by atoms with Crippen molar-refractivity contribution in [2.24, 2.45) is 7.05 Å². The Kier molecular flexibility index (Phi) is 2.30. The fourth-order valence-electron chi connectivity index (χ4n) is 0.817. The number of aromatic nitrogens is 2. The van der Waals surface area contributed by atoms with Gasteiger partial charge in [0.2, 0.25) is 0 Å². The van der Waals surface area contributed by atoms with Crippen LogP contribution in [-0.4, -0.2) is 18.2 Å². The summed E-state index contributed by atoms with van der Waals surface area (Å²) in [5.41, 5.74) is -1.45. The Morgan fingerprint density at radius 3 is 2.14 bits per heavy atom. The maximum absolute atomic E-state index is 12.3. The molecule has 0 aliphatic heterocycles. The SMILES string of the molecule is Cn1nc(C(F)(F)F)cc1S(=O)(=O)F. The van der Waals surface area contributed by atoms with E-state index in [-0.39, 0.29) is 6.07 Å². The second kappa shape index (κ2) is 2.94. The third-order valence-corrected chi connectivity index (χ3v) is 2.26. The van der Waals surface area contributed by atoms with Crippen molar-refractivity contribution in [1.29, 1.82) is 0 Å². The molecule has 0 aliphatic carbocycles. The lowest BCUT2D eigenvalue weighted by atomic mass is 10.4. The first-order chi connectivity index (χ1) is 6.12.